The summed E-state index contributed by atoms with van der Waals surface area (Å²) in [5.74, 6) is 1.74. The summed E-state index contributed by atoms with van der Waals surface area (Å²) in [6.07, 6.45) is 2.82. The summed E-state index contributed by atoms with van der Waals surface area (Å²) in [4.78, 5) is 8.77. The van der Waals surface area contributed by atoms with Crippen LogP contribution >= 0.6 is 11.6 Å². The van der Waals surface area contributed by atoms with E-state index >= 15 is 0 Å². The Kier molecular flexibility index (Phi) is 8.11. The van der Waals surface area contributed by atoms with Gasteiger partial charge in [0.2, 0.25) is 0 Å². The number of halogens is 1. The van der Waals surface area contributed by atoms with Crippen molar-refractivity contribution in [1.29, 1.82) is 0 Å². The molecule has 36 heavy (non-hydrogen) atoms. The molecule has 2 aromatic heterocycles. The molecule has 0 bridgehead atoms. The molecule has 0 saturated heterocycles. The van der Waals surface area contributed by atoms with Crippen molar-refractivity contribution in [3.8, 4) is 11.5 Å². The van der Waals surface area contributed by atoms with Crippen molar-refractivity contribution in [3.05, 3.63) is 71.6 Å². The molecule has 8 nitrogen and oxygen atoms in total. The second-order valence-electron chi connectivity index (χ2n) is 9.51. The van der Waals surface area contributed by atoms with E-state index in [0.29, 0.717) is 42.1 Å². The van der Waals surface area contributed by atoms with E-state index in [4.69, 9.17) is 26.2 Å². The molecule has 0 fully saturated rings. The number of rotatable bonds is 10. The predicted molar refractivity (Wildman–Crippen MR) is 141 cm³/mol. The van der Waals surface area contributed by atoms with Gasteiger partial charge in [-0.05, 0) is 47.4 Å². The lowest BCUT2D eigenvalue weighted by Crippen LogP contribution is -2.17. The number of benzene rings is 2. The van der Waals surface area contributed by atoms with Gasteiger partial charge < -0.3 is 29.6 Å². The largest absolute Gasteiger partial charge is 0.456 e. The Bertz CT molecular complexity index is 1320. The Morgan fingerprint density at radius 2 is 1.92 bits per heavy atom. The van der Waals surface area contributed by atoms with Gasteiger partial charge in [-0.1, -0.05) is 44.5 Å². The van der Waals surface area contributed by atoms with Crippen molar-refractivity contribution < 1.29 is 19.7 Å². The number of anilines is 2. The minimum atomic E-state index is -0.618. The van der Waals surface area contributed by atoms with Gasteiger partial charge in [-0.3, -0.25) is 0 Å². The van der Waals surface area contributed by atoms with E-state index in [9.17, 15) is 5.11 Å². The molecule has 0 aliphatic carbocycles. The van der Waals surface area contributed by atoms with E-state index in [1.165, 1.54) is 6.33 Å². The number of hydrogen-bond acceptors (Lipinski definition) is 7. The molecule has 3 N–H and O–H groups in total. The second-order valence-corrected chi connectivity index (χ2v) is 9.92. The molecule has 1 atom stereocenters. The Balaban J connectivity index is 1.51. The standard InChI is InChI=1S/C27H31ClN4O4/c1-27(2,3)25(34)18-5-4-6-20(15-18)36-23-8-7-19(16-21(23)28)31-26-24-22(29-17-30-26)9-10-32(24)11-13-35-14-12-33/h4-10,15-17,25,33-34H,11-14H2,1-3H3,(H,29,30,31). The third kappa shape index (κ3) is 6.14. The summed E-state index contributed by atoms with van der Waals surface area (Å²) in [6.45, 7) is 7.32. The van der Waals surface area contributed by atoms with Crippen LogP contribution in [0.25, 0.3) is 11.0 Å². The molecule has 0 spiro atoms. The molecule has 2 heterocycles. The SMILES string of the molecule is CC(C)(C)C(O)c1cccc(Oc2ccc(Nc3ncnc4ccn(CCOCCO)c34)cc2Cl)c1. The first kappa shape index (κ1) is 25.9. The van der Waals surface area contributed by atoms with Gasteiger partial charge in [0.05, 0.1) is 36.5 Å². The maximum Gasteiger partial charge on any atom is 0.158 e. The van der Waals surface area contributed by atoms with E-state index in [1.54, 1.807) is 12.1 Å². The Morgan fingerprint density at radius 3 is 2.67 bits per heavy atom. The van der Waals surface area contributed by atoms with E-state index in [2.05, 4.69) is 15.3 Å². The van der Waals surface area contributed by atoms with Crippen LogP contribution in [0.4, 0.5) is 11.5 Å². The van der Waals surface area contributed by atoms with Gasteiger partial charge in [0.15, 0.2) is 5.82 Å². The number of hydrogen-bond donors (Lipinski definition) is 3. The fraction of sp³-hybridized carbons (Fsp3) is 0.333. The summed E-state index contributed by atoms with van der Waals surface area (Å²) < 4.78 is 13.4. The van der Waals surface area contributed by atoms with E-state index in [-0.39, 0.29) is 12.0 Å². The highest BCUT2D eigenvalue weighted by atomic mass is 35.5. The van der Waals surface area contributed by atoms with Crippen LogP contribution in [-0.2, 0) is 11.3 Å². The molecule has 2 aromatic carbocycles. The number of aliphatic hydroxyl groups is 2. The Labute approximate surface area is 215 Å². The average molecular weight is 511 g/mol. The molecule has 0 saturated carbocycles. The van der Waals surface area contributed by atoms with Crippen molar-refractivity contribution >= 4 is 34.1 Å². The third-order valence-corrected chi connectivity index (χ3v) is 5.97. The van der Waals surface area contributed by atoms with Crippen molar-refractivity contribution in [2.45, 2.75) is 33.4 Å². The number of nitrogens with one attached hydrogen (secondary N) is 1. The van der Waals surface area contributed by atoms with Gasteiger partial charge in [-0.25, -0.2) is 9.97 Å². The van der Waals surface area contributed by atoms with E-state index < -0.39 is 6.10 Å². The maximum absolute atomic E-state index is 10.6. The summed E-state index contributed by atoms with van der Waals surface area (Å²) in [5.41, 5.74) is 2.89. The van der Waals surface area contributed by atoms with Crippen LogP contribution in [0.1, 0.15) is 32.4 Å². The molecular weight excluding hydrogens is 480 g/mol. The zero-order valence-corrected chi connectivity index (χ0v) is 21.4. The van der Waals surface area contributed by atoms with Crippen LogP contribution < -0.4 is 10.1 Å². The summed E-state index contributed by atoms with van der Waals surface area (Å²) >= 11 is 6.56. The Morgan fingerprint density at radius 1 is 1.08 bits per heavy atom. The van der Waals surface area contributed by atoms with Crippen LogP contribution in [0, 0.1) is 5.41 Å². The molecule has 4 aromatic rings. The monoisotopic (exact) mass is 510 g/mol. The number of ether oxygens (including phenoxy) is 2. The zero-order chi connectivity index (χ0) is 25.7. The number of nitrogens with zero attached hydrogens (tertiary/aromatic N) is 3. The van der Waals surface area contributed by atoms with Crippen molar-refractivity contribution in [1.82, 2.24) is 14.5 Å². The minimum absolute atomic E-state index is 0.00683. The van der Waals surface area contributed by atoms with Crippen molar-refractivity contribution in [2.24, 2.45) is 5.41 Å². The first-order valence-electron chi connectivity index (χ1n) is 11.8. The molecule has 4 rings (SSSR count). The minimum Gasteiger partial charge on any atom is -0.456 e. The number of aliphatic hydroxyl groups excluding tert-OH is 2. The van der Waals surface area contributed by atoms with Gasteiger partial charge >= 0.3 is 0 Å². The van der Waals surface area contributed by atoms with Gasteiger partial charge in [-0.2, -0.15) is 0 Å². The maximum atomic E-state index is 10.6. The predicted octanol–water partition coefficient (Wildman–Crippen LogP) is 5.71. The molecule has 1 unspecified atom stereocenters. The van der Waals surface area contributed by atoms with Crippen LogP contribution in [0.3, 0.4) is 0 Å². The topological polar surface area (TPSA) is 102 Å². The molecule has 0 radical (unpaired) electrons. The molecule has 0 aliphatic rings. The molecule has 9 heteroatoms. The molecule has 0 aliphatic heterocycles. The van der Waals surface area contributed by atoms with E-state index in [1.807, 2.05) is 67.9 Å². The zero-order valence-electron chi connectivity index (χ0n) is 20.6. The summed E-state index contributed by atoms with van der Waals surface area (Å²) in [7, 11) is 0. The number of fused-ring (bicyclic) bond motifs is 1. The lowest BCUT2D eigenvalue weighted by Gasteiger charge is -2.26. The highest BCUT2D eigenvalue weighted by Gasteiger charge is 2.24. The highest BCUT2D eigenvalue weighted by molar-refractivity contribution is 6.32. The second kappa shape index (κ2) is 11.3. The van der Waals surface area contributed by atoms with E-state index in [0.717, 1.165) is 22.3 Å². The lowest BCUT2D eigenvalue weighted by molar-refractivity contribution is 0.0625. The van der Waals surface area contributed by atoms with Crippen molar-refractivity contribution in [3.63, 3.8) is 0 Å². The van der Waals surface area contributed by atoms with Gasteiger partial charge in [0.25, 0.3) is 0 Å². The van der Waals surface area contributed by atoms with Crippen molar-refractivity contribution in [2.75, 3.05) is 25.1 Å². The average Bonchev–Trinajstić information content (AvgIpc) is 3.27. The quantitative estimate of drug-likeness (QED) is 0.235. The first-order chi connectivity index (χ1) is 17.3. The fourth-order valence-corrected chi connectivity index (χ4v) is 4.03. The Hall–Kier alpha value is -3.17. The summed E-state index contributed by atoms with van der Waals surface area (Å²) in [6, 6.07) is 14.7. The van der Waals surface area contributed by atoms with Gasteiger partial charge in [0.1, 0.15) is 23.3 Å². The lowest BCUT2D eigenvalue weighted by atomic mass is 9.85. The fourth-order valence-electron chi connectivity index (χ4n) is 3.81. The van der Waals surface area contributed by atoms with Crippen LogP contribution in [0.5, 0.6) is 11.5 Å². The molecule has 0 amide bonds. The van der Waals surface area contributed by atoms with Crippen LogP contribution in [0.15, 0.2) is 61.1 Å². The smallest absolute Gasteiger partial charge is 0.158 e. The van der Waals surface area contributed by atoms with Gasteiger partial charge in [-0.15, -0.1) is 0 Å². The normalized spacial score (nSPS) is 12.6. The van der Waals surface area contributed by atoms with Gasteiger partial charge in [0, 0.05) is 18.4 Å². The van der Waals surface area contributed by atoms with Crippen LogP contribution in [0.2, 0.25) is 5.02 Å². The first-order valence-corrected chi connectivity index (χ1v) is 12.1. The van der Waals surface area contributed by atoms with Crippen LogP contribution in [-0.4, -0.2) is 44.6 Å². The number of aromatic nitrogens is 3. The molecule has 190 valence electrons. The third-order valence-electron chi connectivity index (χ3n) is 5.68. The highest BCUT2D eigenvalue weighted by Crippen LogP contribution is 2.37. The molecular formula is C27H31ClN4O4. The summed E-state index contributed by atoms with van der Waals surface area (Å²) in [5, 5.41) is 23.3.